The van der Waals surface area contributed by atoms with Gasteiger partial charge in [-0.15, -0.1) is 5.10 Å². The summed E-state index contributed by atoms with van der Waals surface area (Å²) < 4.78 is 28.2. The first-order valence-corrected chi connectivity index (χ1v) is 11.1. The maximum absolute atomic E-state index is 12.0. The zero-order chi connectivity index (χ0) is 18.1. The van der Waals surface area contributed by atoms with Gasteiger partial charge in [0.2, 0.25) is 0 Å². The minimum Gasteiger partial charge on any atom is -0.298 e. The van der Waals surface area contributed by atoms with Gasteiger partial charge < -0.3 is 0 Å². The number of rotatable bonds is 4. The first-order chi connectivity index (χ1) is 12.5. The van der Waals surface area contributed by atoms with Crippen molar-refractivity contribution in [2.24, 2.45) is 0 Å². The van der Waals surface area contributed by atoms with Gasteiger partial charge in [-0.2, -0.15) is 0 Å². The van der Waals surface area contributed by atoms with Crippen LogP contribution in [0.15, 0.2) is 34.8 Å². The van der Waals surface area contributed by atoms with Gasteiger partial charge in [-0.25, -0.2) is 8.42 Å². The normalized spacial score (nSPS) is 19.0. The van der Waals surface area contributed by atoms with Gasteiger partial charge in [-0.1, -0.05) is 16.6 Å². The second kappa shape index (κ2) is 6.98. The molecule has 1 fully saturated rings. The molecular formula is C17H19N5O2S2. The third kappa shape index (κ3) is 3.46. The van der Waals surface area contributed by atoms with Gasteiger partial charge in [-0.05, 0) is 31.0 Å². The number of para-hydroxylation sites is 1. The van der Waals surface area contributed by atoms with E-state index in [0.717, 1.165) is 60.6 Å². The van der Waals surface area contributed by atoms with Gasteiger partial charge in [0.1, 0.15) is 0 Å². The van der Waals surface area contributed by atoms with Gasteiger partial charge in [0.25, 0.3) is 0 Å². The van der Waals surface area contributed by atoms with Crippen LogP contribution < -0.4 is 0 Å². The molecule has 0 saturated carbocycles. The zero-order valence-corrected chi connectivity index (χ0v) is 16.0. The Balaban J connectivity index is 1.57. The predicted octanol–water partition coefficient (Wildman–Crippen LogP) is 2.26. The van der Waals surface area contributed by atoms with Crippen LogP contribution in [0, 0.1) is 0 Å². The fraction of sp³-hybridized carbons (Fsp3) is 0.412. The lowest BCUT2D eigenvalue weighted by molar-refractivity contribution is 0.198. The Morgan fingerprint density at radius 3 is 2.96 bits per heavy atom. The van der Waals surface area contributed by atoms with E-state index in [0.29, 0.717) is 9.90 Å². The van der Waals surface area contributed by atoms with Crippen LogP contribution in [0.5, 0.6) is 0 Å². The Hall–Kier alpha value is -1.97. The summed E-state index contributed by atoms with van der Waals surface area (Å²) in [7, 11) is -3.29. The summed E-state index contributed by atoms with van der Waals surface area (Å²) in [6.07, 6.45) is 6.57. The maximum Gasteiger partial charge on any atom is 0.188 e. The molecule has 9 heteroatoms. The fourth-order valence-electron chi connectivity index (χ4n) is 3.54. The number of hydrogen-bond acceptors (Lipinski definition) is 8. The molecule has 2 aromatic heterocycles. The van der Waals surface area contributed by atoms with Crippen LogP contribution in [0.1, 0.15) is 30.0 Å². The summed E-state index contributed by atoms with van der Waals surface area (Å²) >= 11 is 0.971. The number of piperidine rings is 1. The van der Waals surface area contributed by atoms with Crippen LogP contribution >= 0.6 is 11.5 Å². The summed E-state index contributed by atoms with van der Waals surface area (Å²) in [6, 6.07) is 6.04. The molecule has 1 aromatic carbocycles. The number of benzene rings is 1. The van der Waals surface area contributed by atoms with Crippen LogP contribution in [0.2, 0.25) is 0 Å². The highest BCUT2D eigenvalue weighted by Crippen LogP contribution is 2.32. The van der Waals surface area contributed by atoms with Crippen molar-refractivity contribution in [1.82, 2.24) is 24.5 Å². The Labute approximate surface area is 156 Å². The third-order valence-electron chi connectivity index (χ3n) is 4.69. The van der Waals surface area contributed by atoms with Gasteiger partial charge in [0, 0.05) is 49.2 Å². The highest BCUT2D eigenvalue weighted by molar-refractivity contribution is 7.92. The number of likely N-dealkylation sites (tertiary alicyclic amines) is 1. The summed E-state index contributed by atoms with van der Waals surface area (Å²) in [5.74, 6) is 0.0910. The van der Waals surface area contributed by atoms with Crippen molar-refractivity contribution in [2.75, 3.05) is 19.3 Å². The van der Waals surface area contributed by atoms with Crippen LogP contribution in [0.3, 0.4) is 0 Å². The van der Waals surface area contributed by atoms with E-state index >= 15 is 0 Å². The van der Waals surface area contributed by atoms with E-state index < -0.39 is 9.84 Å². The quantitative estimate of drug-likeness (QED) is 0.676. The molecule has 4 rings (SSSR count). The molecule has 0 aliphatic carbocycles. The third-order valence-corrected chi connectivity index (χ3v) is 7.24. The molecule has 0 bridgehead atoms. The molecule has 3 heterocycles. The molecule has 1 atom stereocenters. The Morgan fingerprint density at radius 1 is 1.27 bits per heavy atom. The first-order valence-electron chi connectivity index (χ1n) is 8.45. The Kier molecular flexibility index (Phi) is 4.68. The molecule has 0 amide bonds. The number of nitrogens with zero attached hydrogens (tertiary/aromatic N) is 5. The van der Waals surface area contributed by atoms with Crippen LogP contribution in [-0.4, -0.2) is 52.2 Å². The molecular weight excluding hydrogens is 370 g/mol. The minimum atomic E-state index is -3.29. The predicted molar refractivity (Wildman–Crippen MR) is 99.8 cm³/mol. The second-order valence-electron chi connectivity index (χ2n) is 6.63. The maximum atomic E-state index is 12.0. The molecule has 1 aliphatic rings. The van der Waals surface area contributed by atoms with Gasteiger partial charge in [0.05, 0.1) is 16.7 Å². The standard InChI is InChI=1S/C17H19N5O2S2/c1-26(23,24)17-16(20-21-25-17)13-5-3-9-22(11-13)10-12-4-2-6-14-15(12)19-8-7-18-14/h2,4,6-8,13H,3,5,9-11H2,1H3. The summed E-state index contributed by atoms with van der Waals surface area (Å²) in [5, 5.41) is 4.14. The van der Waals surface area contributed by atoms with E-state index in [-0.39, 0.29) is 5.92 Å². The average molecular weight is 390 g/mol. The van der Waals surface area contributed by atoms with Crippen LogP contribution in [0.4, 0.5) is 0 Å². The molecule has 1 aliphatic heterocycles. The molecule has 26 heavy (non-hydrogen) atoms. The van der Waals surface area contributed by atoms with E-state index in [1.807, 2.05) is 12.1 Å². The Morgan fingerprint density at radius 2 is 2.12 bits per heavy atom. The molecule has 0 N–H and O–H groups in total. The molecule has 1 unspecified atom stereocenters. The number of hydrogen-bond donors (Lipinski definition) is 0. The molecule has 0 radical (unpaired) electrons. The van der Waals surface area contributed by atoms with Gasteiger partial charge >= 0.3 is 0 Å². The van der Waals surface area contributed by atoms with Crippen molar-refractivity contribution in [3.8, 4) is 0 Å². The van der Waals surface area contributed by atoms with E-state index in [2.05, 4.69) is 30.5 Å². The molecule has 136 valence electrons. The van der Waals surface area contributed by atoms with Crippen molar-refractivity contribution in [1.29, 1.82) is 0 Å². The number of fused-ring (bicyclic) bond motifs is 1. The molecule has 1 saturated heterocycles. The topological polar surface area (TPSA) is 88.9 Å². The van der Waals surface area contributed by atoms with Crippen molar-refractivity contribution in [3.05, 3.63) is 41.9 Å². The molecule has 3 aromatic rings. The molecule has 7 nitrogen and oxygen atoms in total. The monoisotopic (exact) mass is 389 g/mol. The SMILES string of the molecule is CS(=O)(=O)c1snnc1C1CCCN(Cc2cccc3nccnc23)C1. The lowest BCUT2D eigenvalue weighted by Crippen LogP contribution is -2.34. The van der Waals surface area contributed by atoms with E-state index in [1.165, 1.54) is 6.26 Å². The van der Waals surface area contributed by atoms with Crippen molar-refractivity contribution in [3.63, 3.8) is 0 Å². The van der Waals surface area contributed by atoms with E-state index in [9.17, 15) is 8.42 Å². The highest BCUT2D eigenvalue weighted by atomic mass is 32.2. The molecule has 0 spiro atoms. The van der Waals surface area contributed by atoms with E-state index in [4.69, 9.17) is 0 Å². The lowest BCUT2D eigenvalue weighted by Gasteiger charge is -2.32. The van der Waals surface area contributed by atoms with E-state index in [1.54, 1.807) is 12.4 Å². The van der Waals surface area contributed by atoms with Crippen molar-refractivity contribution < 1.29 is 8.42 Å². The minimum absolute atomic E-state index is 0.0910. The smallest absolute Gasteiger partial charge is 0.188 e. The Bertz CT molecular complexity index is 1030. The fourth-order valence-corrected chi connectivity index (χ4v) is 5.27. The summed E-state index contributed by atoms with van der Waals surface area (Å²) in [4.78, 5) is 11.2. The van der Waals surface area contributed by atoms with Gasteiger partial charge in [0.15, 0.2) is 14.0 Å². The zero-order valence-electron chi connectivity index (χ0n) is 14.4. The first kappa shape index (κ1) is 17.4. The highest BCUT2D eigenvalue weighted by Gasteiger charge is 2.29. The number of sulfone groups is 1. The average Bonchev–Trinajstić information content (AvgIpc) is 3.13. The van der Waals surface area contributed by atoms with Gasteiger partial charge in [-0.3, -0.25) is 14.9 Å². The lowest BCUT2D eigenvalue weighted by atomic mass is 9.95. The van der Waals surface area contributed by atoms with Crippen molar-refractivity contribution >= 4 is 32.4 Å². The second-order valence-corrected chi connectivity index (χ2v) is 9.60. The largest absolute Gasteiger partial charge is 0.298 e. The van der Waals surface area contributed by atoms with Crippen LogP contribution in [-0.2, 0) is 16.4 Å². The van der Waals surface area contributed by atoms with Crippen LogP contribution in [0.25, 0.3) is 11.0 Å². The number of aromatic nitrogens is 4. The summed E-state index contributed by atoms with van der Waals surface area (Å²) in [6.45, 7) is 2.50. The summed E-state index contributed by atoms with van der Waals surface area (Å²) in [5.41, 5.74) is 3.57. The van der Waals surface area contributed by atoms with Crippen molar-refractivity contribution in [2.45, 2.75) is 29.5 Å².